The minimum Gasteiger partial charge on any atom is -0.394 e. The molecule has 0 saturated heterocycles. The Labute approximate surface area is 94.0 Å². The summed E-state index contributed by atoms with van der Waals surface area (Å²) in [4.78, 5) is 0. The zero-order chi connectivity index (χ0) is 11.6. The molecule has 0 aromatic rings. The standard InChI is InChI=1S/C12H27NO2/c1-3-4-6-9-15-10-7-5-8-12(2,13)11-14/h14H,3-11,13H2,1-2H3. The van der Waals surface area contributed by atoms with Crippen LogP contribution in [0.25, 0.3) is 0 Å². The van der Waals surface area contributed by atoms with Gasteiger partial charge in [-0.15, -0.1) is 0 Å². The molecule has 3 heteroatoms. The van der Waals surface area contributed by atoms with E-state index in [4.69, 9.17) is 15.6 Å². The minimum atomic E-state index is -0.414. The largest absolute Gasteiger partial charge is 0.394 e. The Morgan fingerprint density at radius 2 is 1.73 bits per heavy atom. The molecular formula is C12H27NO2. The van der Waals surface area contributed by atoms with Crippen molar-refractivity contribution in [1.82, 2.24) is 0 Å². The van der Waals surface area contributed by atoms with Crippen molar-refractivity contribution in [2.75, 3.05) is 19.8 Å². The van der Waals surface area contributed by atoms with Gasteiger partial charge in [-0.25, -0.2) is 0 Å². The summed E-state index contributed by atoms with van der Waals surface area (Å²) in [5, 5.41) is 8.94. The Morgan fingerprint density at radius 3 is 2.27 bits per heavy atom. The number of unbranched alkanes of at least 4 members (excludes halogenated alkanes) is 3. The zero-order valence-corrected chi connectivity index (χ0v) is 10.3. The molecule has 0 aliphatic rings. The van der Waals surface area contributed by atoms with Gasteiger partial charge in [-0.05, 0) is 32.6 Å². The van der Waals surface area contributed by atoms with Crippen LogP contribution in [0.15, 0.2) is 0 Å². The Hall–Kier alpha value is -0.120. The highest BCUT2D eigenvalue weighted by Gasteiger charge is 2.15. The van der Waals surface area contributed by atoms with E-state index < -0.39 is 5.54 Å². The second-order valence-electron chi connectivity index (χ2n) is 4.59. The van der Waals surface area contributed by atoms with Crippen molar-refractivity contribution >= 4 is 0 Å². The van der Waals surface area contributed by atoms with Gasteiger partial charge in [0, 0.05) is 18.8 Å². The van der Waals surface area contributed by atoms with Crippen molar-refractivity contribution in [2.45, 2.75) is 57.9 Å². The van der Waals surface area contributed by atoms with Crippen molar-refractivity contribution in [2.24, 2.45) is 5.73 Å². The van der Waals surface area contributed by atoms with Gasteiger partial charge in [0.1, 0.15) is 0 Å². The van der Waals surface area contributed by atoms with Crippen molar-refractivity contribution in [3.05, 3.63) is 0 Å². The van der Waals surface area contributed by atoms with Crippen LogP contribution in [0, 0.1) is 0 Å². The maximum absolute atomic E-state index is 8.94. The summed E-state index contributed by atoms with van der Waals surface area (Å²) >= 11 is 0. The van der Waals surface area contributed by atoms with E-state index in [9.17, 15) is 0 Å². The lowest BCUT2D eigenvalue weighted by Crippen LogP contribution is -2.39. The quantitative estimate of drug-likeness (QED) is 0.551. The molecule has 0 aromatic carbocycles. The molecule has 3 N–H and O–H groups in total. The summed E-state index contributed by atoms with van der Waals surface area (Å²) in [7, 11) is 0. The summed E-state index contributed by atoms with van der Waals surface area (Å²) in [6.45, 7) is 5.84. The highest BCUT2D eigenvalue weighted by Crippen LogP contribution is 2.09. The minimum absolute atomic E-state index is 0.0599. The summed E-state index contributed by atoms with van der Waals surface area (Å²) in [6, 6.07) is 0. The lowest BCUT2D eigenvalue weighted by Gasteiger charge is -2.21. The predicted octanol–water partition coefficient (Wildman–Crippen LogP) is 2.07. The van der Waals surface area contributed by atoms with Crippen molar-refractivity contribution < 1.29 is 9.84 Å². The fourth-order valence-electron chi connectivity index (χ4n) is 1.37. The first kappa shape index (κ1) is 14.9. The number of ether oxygens (including phenoxy) is 1. The lowest BCUT2D eigenvalue weighted by atomic mass is 9.97. The molecule has 92 valence electrons. The molecule has 0 rings (SSSR count). The molecule has 0 spiro atoms. The molecule has 0 radical (unpaired) electrons. The van der Waals surface area contributed by atoms with Gasteiger partial charge in [0.05, 0.1) is 6.61 Å². The molecule has 1 atom stereocenters. The van der Waals surface area contributed by atoms with Gasteiger partial charge in [-0.3, -0.25) is 0 Å². The number of aliphatic hydroxyl groups excluding tert-OH is 1. The van der Waals surface area contributed by atoms with Crippen molar-refractivity contribution in [1.29, 1.82) is 0 Å². The van der Waals surface area contributed by atoms with Gasteiger partial charge in [0.2, 0.25) is 0 Å². The zero-order valence-electron chi connectivity index (χ0n) is 10.3. The maximum Gasteiger partial charge on any atom is 0.0608 e. The molecular weight excluding hydrogens is 190 g/mol. The van der Waals surface area contributed by atoms with Gasteiger partial charge in [-0.1, -0.05) is 19.8 Å². The van der Waals surface area contributed by atoms with Crippen LogP contribution in [0.2, 0.25) is 0 Å². The lowest BCUT2D eigenvalue weighted by molar-refractivity contribution is 0.122. The average Bonchev–Trinajstić information content (AvgIpc) is 2.22. The SMILES string of the molecule is CCCCCOCCCCC(C)(N)CO. The molecule has 0 fully saturated rings. The Kier molecular flexibility index (Phi) is 9.06. The van der Waals surface area contributed by atoms with Crippen molar-refractivity contribution in [3.8, 4) is 0 Å². The normalized spacial score (nSPS) is 15.2. The van der Waals surface area contributed by atoms with Crippen LogP contribution in [0.4, 0.5) is 0 Å². The van der Waals surface area contributed by atoms with Crippen LogP contribution in [-0.2, 0) is 4.74 Å². The molecule has 0 heterocycles. The fourth-order valence-corrected chi connectivity index (χ4v) is 1.37. The number of aliphatic hydroxyl groups is 1. The second-order valence-corrected chi connectivity index (χ2v) is 4.59. The van der Waals surface area contributed by atoms with E-state index in [2.05, 4.69) is 6.92 Å². The summed E-state index contributed by atoms with van der Waals surface area (Å²) in [5.41, 5.74) is 5.39. The van der Waals surface area contributed by atoms with Crippen molar-refractivity contribution in [3.63, 3.8) is 0 Å². The van der Waals surface area contributed by atoms with E-state index in [-0.39, 0.29) is 6.61 Å². The summed E-state index contributed by atoms with van der Waals surface area (Å²) in [5.74, 6) is 0. The molecule has 15 heavy (non-hydrogen) atoms. The van der Waals surface area contributed by atoms with Gasteiger partial charge in [0.25, 0.3) is 0 Å². The van der Waals surface area contributed by atoms with E-state index in [0.717, 1.165) is 32.5 Å². The fraction of sp³-hybridized carbons (Fsp3) is 1.00. The topological polar surface area (TPSA) is 55.5 Å². The molecule has 0 saturated carbocycles. The second kappa shape index (κ2) is 9.13. The first-order valence-corrected chi connectivity index (χ1v) is 6.10. The van der Waals surface area contributed by atoms with Gasteiger partial charge < -0.3 is 15.6 Å². The van der Waals surface area contributed by atoms with Crippen LogP contribution in [0.5, 0.6) is 0 Å². The number of rotatable bonds is 10. The maximum atomic E-state index is 8.94. The Morgan fingerprint density at radius 1 is 1.13 bits per heavy atom. The van der Waals surface area contributed by atoms with Crippen LogP contribution < -0.4 is 5.73 Å². The third-order valence-electron chi connectivity index (χ3n) is 2.54. The van der Waals surface area contributed by atoms with E-state index >= 15 is 0 Å². The summed E-state index contributed by atoms with van der Waals surface area (Å²) in [6.07, 6.45) is 6.60. The van der Waals surface area contributed by atoms with E-state index in [1.807, 2.05) is 6.92 Å². The smallest absolute Gasteiger partial charge is 0.0608 e. The first-order valence-electron chi connectivity index (χ1n) is 6.10. The van der Waals surface area contributed by atoms with E-state index in [0.29, 0.717) is 0 Å². The molecule has 0 aliphatic heterocycles. The molecule has 0 amide bonds. The highest BCUT2D eigenvalue weighted by molar-refractivity contribution is 4.76. The molecule has 3 nitrogen and oxygen atoms in total. The Balaban J connectivity index is 3.11. The van der Waals surface area contributed by atoms with Gasteiger partial charge in [0.15, 0.2) is 0 Å². The highest BCUT2D eigenvalue weighted by atomic mass is 16.5. The van der Waals surface area contributed by atoms with Crippen LogP contribution in [0.1, 0.15) is 52.4 Å². The van der Waals surface area contributed by atoms with Crippen LogP contribution in [0.3, 0.4) is 0 Å². The third kappa shape index (κ3) is 10.2. The summed E-state index contributed by atoms with van der Waals surface area (Å²) < 4.78 is 5.48. The van der Waals surface area contributed by atoms with Crippen LogP contribution >= 0.6 is 0 Å². The van der Waals surface area contributed by atoms with E-state index in [1.165, 1.54) is 19.3 Å². The number of nitrogens with two attached hydrogens (primary N) is 1. The number of hydrogen-bond acceptors (Lipinski definition) is 3. The molecule has 0 aromatic heterocycles. The molecule has 0 bridgehead atoms. The number of hydrogen-bond donors (Lipinski definition) is 2. The molecule has 1 unspecified atom stereocenters. The molecule has 0 aliphatic carbocycles. The monoisotopic (exact) mass is 217 g/mol. The van der Waals surface area contributed by atoms with Crippen LogP contribution in [-0.4, -0.2) is 30.5 Å². The average molecular weight is 217 g/mol. The van der Waals surface area contributed by atoms with Gasteiger partial charge >= 0.3 is 0 Å². The van der Waals surface area contributed by atoms with Gasteiger partial charge in [-0.2, -0.15) is 0 Å². The third-order valence-corrected chi connectivity index (χ3v) is 2.54. The Bertz CT molecular complexity index is 138. The first-order chi connectivity index (χ1) is 7.12. The predicted molar refractivity (Wildman–Crippen MR) is 63.9 cm³/mol. The van der Waals surface area contributed by atoms with E-state index in [1.54, 1.807) is 0 Å².